The van der Waals surface area contributed by atoms with Crippen molar-refractivity contribution in [2.75, 3.05) is 6.67 Å². The van der Waals surface area contributed by atoms with Gasteiger partial charge in [-0.15, -0.1) is 0 Å². The maximum absolute atomic E-state index is 13.3. The van der Waals surface area contributed by atoms with E-state index in [0.29, 0.717) is 19.0 Å². The van der Waals surface area contributed by atoms with Crippen LogP contribution >= 0.6 is 0 Å². The minimum atomic E-state index is -0.791. The monoisotopic (exact) mass is 168 g/mol. The smallest absolute Gasteiger partial charge is 0.140 e. The van der Waals surface area contributed by atoms with Crippen LogP contribution in [0.1, 0.15) is 20.3 Å². The molecule has 0 aromatic rings. The van der Waals surface area contributed by atoms with Crippen LogP contribution in [-0.4, -0.2) is 18.6 Å². The lowest BCUT2D eigenvalue weighted by molar-refractivity contribution is 0.347. The first-order valence-electron chi connectivity index (χ1n) is 4.33. The van der Waals surface area contributed by atoms with Crippen molar-refractivity contribution in [3.05, 3.63) is 11.3 Å². The van der Waals surface area contributed by atoms with Crippen molar-refractivity contribution in [2.45, 2.75) is 26.4 Å². The molecule has 66 valence electrons. The van der Waals surface area contributed by atoms with Gasteiger partial charge in [0.05, 0.1) is 5.70 Å². The van der Waals surface area contributed by atoms with Crippen molar-refractivity contribution in [1.29, 1.82) is 0 Å². The summed E-state index contributed by atoms with van der Waals surface area (Å²) in [5.41, 5.74) is 2.90. The predicted octanol–water partition coefficient (Wildman–Crippen LogP) is 1.64. The standard InChI is InChI=1S/C9H13FN2/c1-5-3-7(10)9-8(5)6(2)11-4-12-9/h5,7,12H,3-4H2,1-2H3/t5-,7-/m1/s1. The van der Waals surface area contributed by atoms with Gasteiger partial charge in [0.1, 0.15) is 12.8 Å². The van der Waals surface area contributed by atoms with E-state index >= 15 is 0 Å². The van der Waals surface area contributed by atoms with Gasteiger partial charge < -0.3 is 5.32 Å². The Morgan fingerprint density at radius 1 is 1.58 bits per heavy atom. The van der Waals surface area contributed by atoms with Crippen molar-refractivity contribution in [2.24, 2.45) is 10.9 Å². The predicted molar refractivity (Wildman–Crippen MR) is 46.8 cm³/mol. The van der Waals surface area contributed by atoms with Gasteiger partial charge in [0.2, 0.25) is 0 Å². The average Bonchev–Trinajstić information content (AvgIpc) is 2.29. The molecule has 3 heteroatoms. The topological polar surface area (TPSA) is 24.4 Å². The molecule has 2 nitrogen and oxygen atoms in total. The van der Waals surface area contributed by atoms with E-state index < -0.39 is 6.17 Å². The zero-order valence-electron chi connectivity index (χ0n) is 7.39. The van der Waals surface area contributed by atoms with Crippen LogP contribution in [0.5, 0.6) is 0 Å². The van der Waals surface area contributed by atoms with E-state index in [1.54, 1.807) is 0 Å². The molecule has 2 rings (SSSR count). The van der Waals surface area contributed by atoms with Crippen molar-refractivity contribution in [3.8, 4) is 0 Å². The second-order valence-electron chi connectivity index (χ2n) is 3.51. The first-order valence-corrected chi connectivity index (χ1v) is 4.33. The number of aliphatic imine (C=N–C) groups is 1. The first-order chi connectivity index (χ1) is 5.70. The second kappa shape index (κ2) is 2.57. The number of nitrogens with zero attached hydrogens (tertiary/aromatic N) is 1. The number of alkyl halides is 1. The van der Waals surface area contributed by atoms with Crippen LogP contribution in [0.2, 0.25) is 0 Å². The number of allylic oxidation sites excluding steroid dienone is 2. The summed E-state index contributed by atoms with van der Waals surface area (Å²) in [6, 6.07) is 0. The molecule has 0 amide bonds. The van der Waals surface area contributed by atoms with Gasteiger partial charge in [-0.05, 0) is 24.8 Å². The lowest BCUT2D eigenvalue weighted by Gasteiger charge is -2.17. The number of rotatable bonds is 0. The van der Waals surface area contributed by atoms with E-state index in [-0.39, 0.29) is 0 Å². The number of hydrogen-bond acceptors (Lipinski definition) is 2. The van der Waals surface area contributed by atoms with Crippen LogP contribution in [0.4, 0.5) is 4.39 Å². The normalized spacial score (nSPS) is 34.4. The fraction of sp³-hybridized carbons (Fsp3) is 0.667. The van der Waals surface area contributed by atoms with Crippen molar-refractivity contribution < 1.29 is 4.39 Å². The van der Waals surface area contributed by atoms with Crippen molar-refractivity contribution in [3.63, 3.8) is 0 Å². The zero-order valence-corrected chi connectivity index (χ0v) is 7.39. The van der Waals surface area contributed by atoms with Gasteiger partial charge in [-0.25, -0.2) is 4.39 Å². The maximum Gasteiger partial charge on any atom is 0.140 e. The highest BCUT2D eigenvalue weighted by atomic mass is 19.1. The lowest BCUT2D eigenvalue weighted by Crippen LogP contribution is -2.25. The molecule has 0 bridgehead atoms. The highest BCUT2D eigenvalue weighted by molar-refractivity contribution is 6.00. The molecule has 0 aromatic carbocycles. The minimum Gasteiger partial charge on any atom is -0.367 e. The van der Waals surface area contributed by atoms with Crippen LogP contribution < -0.4 is 5.32 Å². The largest absolute Gasteiger partial charge is 0.367 e. The molecule has 0 saturated heterocycles. The number of halogens is 1. The first kappa shape index (κ1) is 7.77. The Bertz CT molecular complexity index is 268. The average molecular weight is 168 g/mol. The van der Waals surface area contributed by atoms with Crippen LogP contribution in [-0.2, 0) is 0 Å². The quantitative estimate of drug-likeness (QED) is 0.584. The summed E-state index contributed by atoms with van der Waals surface area (Å²) in [6.07, 6.45) is -0.176. The van der Waals surface area contributed by atoms with E-state index in [1.807, 2.05) is 6.92 Å². The van der Waals surface area contributed by atoms with Gasteiger partial charge in [0.25, 0.3) is 0 Å². The summed E-state index contributed by atoms with van der Waals surface area (Å²) >= 11 is 0. The summed E-state index contributed by atoms with van der Waals surface area (Å²) < 4.78 is 13.3. The highest BCUT2D eigenvalue weighted by Crippen LogP contribution is 2.34. The Hall–Kier alpha value is -0.860. The summed E-state index contributed by atoms with van der Waals surface area (Å²) in [5.74, 6) is 0.326. The van der Waals surface area contributed by atoms with E-state index in [4.69, 9.17) is 0 Å². The van der Waals surface area contributed by atoms with Gasteiger partial charge in [0.15, 0.2) is 0 Å². The molecule has 0 fully saturated rings. The minimum absolute atomic E-state index is 0.326. The molecule has 12 heavy (non-hydrogen) atoms. The van der Waals surface area contributed by atoms with Crippen LogP contribution in [0, 0.1) is 5.92 Å². The van der Waals surface area contributed by atoms with Gasteiger partial charge >= 0.3 is 0 Å². The molecule has 0 saturated carbocycles. The number of hydrogen-bond donors (Lipinski definition) is 1. The second-order valence-corrected chi connectivity index (χ2v) is 3.51. The third-order valence-corrected chi connectivity index (χ3v) is 2.63. The van der Waals surface area contributed by atoms with E-state index in [0.717, 1.165) is 17.0 Å². The molecule has 1 aliphatic carbocycles. The molecular weight excluding hydrogens is 155 g/mol. The Kier molecular flexibility index (Phi) is 1.67. The number of nitrogens with one attached hydrogen (secondary N) is 1. The Morgan fingerprint density at radius 3 is 3.00 bits per heavy atom. The molecule has 0 unspecified atom stereocenters. The molecule has 1 aliphatic heterocycles. The third-order valence-electron chi connectivity index (χ3n) is 2.63. The molecule has 0 spiro atoms. The van der Waals surface area contributed by atoms with E-state index in [9.17, 15) is 4.39 Å². The fourth-order valence-electron chi connectivity index (χ4n) is 2.07. The van der Waals surface area contributed by atoms with Gasteiger partial charge in [0, 0.05) is 5.71 Å². The van der Waals surface area contributed by atoms with Gasteiger partial charge in [-0.2, -0.15) is 0 Å². The molecule has 0 aromatic heterocycles. The SMILES string of the molecule is CC1=NCNC2=C1[C@H](C)C[C@H]2F. The summed E-state index contributed by atoms with van der Waals surface area (Å²) in [7, 11) is 0. The Labute approximate surface area is 71.6 Å². The van der Waals surface area contributed by atoms with Gasteiger partial charge in [-0.3, -0.25) is 4.99 Å². The molecule has 2 atom stereocenters. The molecule has 0 radical (unpaired) electrons. The van der Waals surface area contributed by atoms with E-state index in [1.165, 1.54) is 0 Å². The Balaban J connectivity index is 2.40. The van der Waals surface area contributed by atoms with Crippen LogP contribution in [0.3, 0.4) is 0 Å². The summed E-state index contributed by atoms with van der Waals surface area (Å²) in [6.45, 7) is 4.56. The highest BCUT2D eigenvalue weighted by Gasteiger charge is 2.33. The Morgan fingerprint density at radius 2 is 2.33 bits per heavy atom. The van der Waals surface area contributed by atoms with Crippen LogP contribution in [0.15, 0.2) is 16.3 Å². The molecule has 2 aliphatic rings. The summed E-state index contributed by atoms with van der Waals surface area (Å²) in [5, 5.41) is 3.01. The third kappa shape index (κ3) is 0.958. The van der Waals surface area contributed by atoms with E-state index in [2.05, 4.69) is 17.2 Å². The van der Waals surface area contributed by atoms with Crippen molar-refractivity contribution in [1.82, 2.24) is 5.32 Å². The maximum atomic E-state index is 13.3. The molecular formula is C9H13FN2. The molecule has 1 heterocycles. The fourth-order valence-corrected chi connectivity index (χ4v) is 2.07. The van der Waals surface area contributed by atoms with Crippen LogP contribution in [0.25, 0.3) is 0 Å². The lowest BCUT2D eigenvalue weighted by atomic mass is 10.00. The van der Waals surface area contributed by atoms with Crippen molar-refractivity contribution >= 4 is 5.71 Å². The zero-order chi connectivity index (χ0) is 8.72. The van der Waals surface area contributed by atoms with Gasteiger partial charge in [-0.1, -0.05) is 6.92 Å². The molecule has 1 N–H and O–H groups in total. The summed E-state index contributed by atoms with van der Waals surface area (Å²) in [4.78, 5) is 4.24.